The Morgan fingerprint density at radius 2 is 1.86 bits per heavy atom. The van der Waals surface area contributed by atoms with Crippen molar-refractivity contribution in [3.8, 4) is 0 Å². The van der Waals surface area contributed by atoms with Gasteiger partial charge in [0.05, 0.1) is 15.6 Å². The number of anilines is 1. The van der Waals surface area contributed by atoms with Gasteiger partial charge in [-0.25, -0.2) is 17.5 Å². The maximum Gasteiger partial charge on any atom is 0.267 e. The molecule has 7 nitrogen and oxygen atoms in total. The summed E-state index contributed by atoms with van der Waals surface area (Å²) in [4.78, 5) is 23.9. The molecule has 0 aliphatic heterocycles. The number of nitrogens with zero attached hydrogens (tertiary/aromatic N) is 2. The number of benzene rings is 2. The third-order valence-corrected chi connectivity index (χ3v) is 5.64. The lowest BCUT2D eigenvalue weighted by Crippen LogP contribution is -2.30. The molecule has 0 saturated carbocycles. The van der Waals surface area contributed by atoms with Crippen LogP contribution in [0.5, 0.6) is 0 Å². The van der Waals surface area contributed by atoms with E-state index in [1.54, 1.807) is 24.3 Å². The van der Waals surface area contributed by atoms with Crippen LogP contribution in [-0.4, -0.2) is 24.1 Å². The van der Waals surface area contributed by atoms with Gasteiger partial charge < -0.3 is 5.32 Å². The van der Waals surface area contributed by atoms with Crippen molar-refractivity contribution in [2.75, 3.05) is 5.32 Å². The third-order valence-electron chi connectivity index (χ3n) is 3.67. The number of rotatable bonds is 5. The normalized spacial score (nSPS) is 11.2. The number of hydrogen-bond donors (Lipinski definition) is 1. The van der Waals surface area contributed by atoms with E-state index in [1.165, 1.54) is 12.1 Å². The second-order valence-corrected chi connectivity index (χ2v) is 7.96. The van der Waals surface area contributed by atoms with Crippen molar-refractivity contribution >= 4 is 33.0 Å². The van der Waals surface area contributed by atoms with Crippen LogP contribution in [-0.2, 0) is 21.2 Å². The van der Waals surface area contributed by atoms with Gasteiger partial charge in [0.15, 0.2) is 5.03 Å². The Balaban J connectivity index is 1.89. The Labute approximate surface area is 164 Å². The molecule has 144 valence electrons. The topological polar surface area (TPSA) is 98.1 Å². The van der Waals surface area contributed by atoms with Gasteiger partial charge in [-0.05, 0) is 36.4 Å². The zero-order valence-corrected chi connectivity index (χ0v) is 15.7. The van der Waals surface area contributed by atoms with E-state index in [1.807, 2.05) is 0 Å². The fourth-order valence-electron chi connectivity index (χ4n) is 2.33. The van der Waals surface area contributed by atoms with Gasteiger partial charge in [-0.2, -0.15) is 5.10 Å². The third kappa shape index (κ3) is 4.26. The van der Waals surface area contributed by atoms with Gasteiger partial charge in [0, 0.05) is 6.07 Å². The fourth-order valence-corrected chi connectivity index (χ4v) is 3.73. The minimum atomic E-state index is -4.17. The Morgan fingerprint density at radius 1 is 1.11 bits per heavy atom. The average Bonchev–Trinajstić information content (AvgIpc) is 2.65. The lowest BCUT2D eigenvalue weighted by atomic mass is 10.3. The second kappa shape index (κ2) is 7.91. The standard InChI is InChI=1S/C18H13ClFN3O4S/c19-14-6-1-2-7-15(14)21-16(24)11-23-18(25)9-8-17(22-23)28(26,27)13-5-3-4-12(20)10-13/h1-10H,11H2,(H,21,24). The number of carbonyl (C=O) groups excluding carboxylic acids is 1. The van der Waals surface area contributed by atoms with Crippen molar-refractivity contribution in [3.63, 3.8) is 0 Å². The molecule has 1 heterocycles. The predicted molar refractivity (Wildman–Crippen MR) is 100 cm³/mol. The first-order valence-electron chi connectivity index (χ1n) is 7.90. The molecule has 0 saturated heterocycles. The zero-order valence-electron chi connectivity index (χ0n) is 14.2. The number of amides is 1. The molecule has 28 heavy (non-hydrogen) atoms. The van der Waals surface area contributed by atoms with Crippen LogP contribution in [0.2, 0.25) is 5.02 Å². The summed E-state index contributed by atoms with van der Waals surface area (Å²) in [6.45, 7) is -0.531. The van der Waals surface area contributed by atoms with E-state index in [4.69, 9.17) is 11.6 Å². The number of nitrogens with one attached hydrogen (secondary N) is 1. The molecule has 10 heteroatoms. The first-order valence-corrected chi connectivity index (χ1v) is 9.77. The smallest absolute Gasteiger partial charge is 0.267 e. The number of hydrogen-bond acceptors (Lipinski definition) is 5. The van der Waals surface area contributed by atoms with Crippen LogP contribution in [0, 0.1) is 5.82 Å². The van der Waals surface area contributed by atoms with Gasteiger partial charge in [-0.3, -0.25) is 9.59 Å². The van der Waals surface area contributed by atoms with Crippen molar-refractivity contribution in [1.82, 2.24) is 9.78 Å². The van der Waals surface area contributed by atoms with Gasteiger partial charge in [0.25, 0.3) is 5.56 Å². The maximum absolute atomic E-state index is 13.4. The second-order valence-electron chi connectivity index (χ2n) is 5.66. The molecule has 0 atom stereocenters. The minimum Gasteiger partial charge on any atom is -0.323 e. The van der Waals surface area contributed by atoms with E-state index in [-0.39, 0.29) is 4.90 Å². The van der Waals surface area contributed by atoms with Crippen molar-refractivity contribution in [2.45, 2.75) is 16.5 Å². The molecule has 1 N–H and O–H groups in total. The number of halogens is 2. The minimum absolute atomic E-state index is 0.304. The Morgan fingerprint density at radius 3 is 2.57 bits per heavy atom. The molecule has 3 rings (SSSR count). The highest BCUT2D eigenvalue weighted by molar-refractivity contribution is 7.91. The Hall–Kier alpha value is -3.04. The monoisotopic (exact) mass is 421 g/mol. The van der Waals surface area contributed by atoms with Gasteiger partial charge in [0.2, 0.25) is 15.7 Å². The quantitative estimate of drug-likeness (QED) is 0.682. The predicted octanol–water partition coefficient (Wildman–Crippen LogP) is 2.51. The summed E-state index contributed by atoms with van der Waals surface area (Å²) >= 11 is 5.96. The van der Waals surface area contributed by atoms with Crippen LogP contribution in [0.15, 0.2) is 75.4 Å². The lowest BCUT2D eigenvalue weighted by Gasteiger charge is -2.09. The maximum atomic E-state index is 13.4. The highest BCUT2D eigenvalue weighted by Gasteiger charge is 2.21. The van der Waals surface area contributed by atoms with Gasteiger partial charge >= 0.3 is 0 Å². The number of aromatic nitrogens is 2. The molecule has 0 fully saturated rings. The summed E-state index contributed by atoms with van der Waals surface area (Å²) in [5.41, 5.74) is -0.335. The van der Waals surface area contributed by atoms with Crippen LogP contribution in [0.25, 0.3) is 0 Å². The van der Waals surface area contributed by atoms with Gasteiger partial charge in [-0.15, -0.1) is 0 Å². The molecular weight excluding hydrogens is 409 g/mol. The number of carbonyl (C=O) groups is 1. The van der Waals surface area contributed by atoms with E-state index in [9.17, 15) is 22.4 Å². The largest absolute Gasteiger partial charge is 0.323 e. The van der Waals surface area contributed by atoms with E-state index >= 15 is 0 Å². The van der Waals surface area contributed by atoms with Crippen molar-refractivity contribution in [3.05, 3.63) is 81.9 Å². The summed E-state index contributed by atoms with van der Waals surface area (Å²) in [5, 5.41) is 6.09. The molecule has 0 radical (unpaired) electrons. The lowest BCUT2D eigenvalue weighted by molar-refractivity contribution is -0.117. The van der Waals surface area contributed by atoms with E-state index < -0.39 is 38.7 Å². The molecule has 1 aromatic heterocycles. The zero-order chi connectivity index (χ0) is 20.3. The van der Waals surface area contributed by atoms with Crippen molar-refractivity contribution < 1.29 is 17.6 Å². The van der Waals surface area contributed by atoms with E-state index in [2.05, 4.69) is 10.4 Å². The first kappa shape index (κ1) is 19.7. The summed E-state index contributed by atoms with van der Waals surface area (Å²) < 4.78 is 39.3. The molecule has 3 aromatic rings. The van der Waals surface area contributed by atoms with Gasteiger partial charge in [0.1, 0.15) is 12.4 Å². The molecule has 0 spiro atoms. The summed E-state index contributed by atoms with van der Waals surface area (Å²) in [7, 11) is -4.17. The summed E-state index contributed by atoms with van der Waals surface area (Å²) in [6, 6.07) is 12.9. The Bertz CT molecular complexity index is 1210. The van der Waals surface area contributed by atoms with E-state index in [0.29, 0.717) is 15.4 Å². The van der Waals surface area contributed by atoms with E-state index in [0.717, 1.165) is 24.3 Å². The fraction of sp³-hybridized carbons (Fsp3) is 0.0556. The highest BCUT2D eigenvalue weighted by Crippen LogP contribution is 2.21. The average molecular weight is 422 g/mol. The molecular formula is C18H13ClFN3O4S. The highest BCUT2D eigenvalue weighted by atomic mass is 35.5. The van der Waals surface area contributed by atoms with Gasteiger partial charge in [-0.1, -0.05) is 29.8 Å². The van der Waals surface area contributed by atoms with Crippen LogP contribution >= 0.6 is 11.6 Å². The van der Waals surface area contributed by atoms with Crippen LogP contribution < -0.4 is 10.9 Å². The van der Waals surface area contributed by atoms with Crippen molar-refractivity contribution in [1.29, 1.82) is 0 Å². The molecule has 0 aliphatic carbocycles. The molecule has 2 aromatic carbocycles. The van der Waals surface area contributed by atoms with Crippen LogP contribution in [0.4, 0.5) is 10.1 Å². The summed E-state index contributed by atoms with van der Waals surface area (Å²) in [6.07, 6.45) is 0. The number of para-hydroxylation sites is 1. The first-order chi connectivity index (χ1) is 13.3. The van der Waals surface area contributed by atoms with Crippen molar-refractivity contribution in [2.24, 2.45) is 0 Å². The molecule has 0 unspecified atom stereocenters. The SMILES string of the molecule is O=C(Cn1nc(S(=O)(=O)c2cccc(F)c2)ccc1=O)Nc1ccccc1Cl. The molecule has 0 bridgehead atoms. The van der Waals surface area contributed by atoms with Crippen LogP contribution in [0.3, 0.4) is 0 Å². The molecule has 1 amide bonds. The molecule has 0 aliphatic rings. The Kier molecular flexibility index (Phi) is 5.57. The van der Waals surface area contributed by atoms with Crippen LogP contribution in [0.1, 0.15) is 0 Å². The summed E-state index contributed by atoms with van der Waals surface area (Å²) in [5.74, 6) is -1.35. The number of sulfone groups is 1.